The summed E-state index contributed by atoms with van der Waals surface area (Å²) >= 11 is 0. The zero-order chi connectivity index (χ0) is 28.7. The molecular formula is C42H36. The van der Waals surface area contributed by atoms with Crippen LogP contribution in [0.4, 0.5) is 0 Å². The topological polar surface area (TPSA) is 0 Å². The highest BCUT2D eigenvalue weighted by molar-refractivity contribution is 5.95. The molecule has 3 aliphatic rings. The maximum atomic E-state index is 4.15. The first kappa shape index (κ1) is 27.2. The maximum absolute atomic E-state index is 4.15. The summed E-state index contributed by atoms with van der Waals surface area (Å²) in [6.07, 6.45) is 34.1. The second kappa shape index (κ2) is 12.7. The smallest absolute Gasteiger partial charge is 0.0131 e. The van der Waals surface area contributed by atoms with Crippen molar-refractivity contribution in [2.75, 3.05) is 0 Å². The van der Waals surface area contributed by atoms with Gasteiger partial charge in [-0.2, -0.15) is 0 Å². The third-order valence-electron chi connectivity index (χ3n) is 8.44. The summed E-state index contributed by atoms with van der Waals surface area (Å²) in [5, 5.41) is 2.55. The lowest BCUT2D eigenvalue weighted by molar-refractivity contribution is 0.635. The summed E-state index contributed by atoms with van der Waals surface area (Å²) in [6.45, 7) is 8.12. The standard InChI is InChI=1S/C42H36/c1-3-17-31(4-2)34-28-35(32-18-8-7-9-19-32)30-36(29-34)38-22-10-5-6-11-24-41(42-26-15-14-25-39(38)42)40-27-16-21-33-20-12-13-23-37(33)40/h3-28,30,34,39,42H,1-2,29H2/b10-5-,11-6-,31-17+,38-22+,41-24+. The van der Waals surface area contributed by atoms with Crippen molar-refractivity contribution in [1.29, 1.82) is 0 Å². The van der Waals surface area contributed by atoms with Crippen LogP contribution in [-0.4, -0.2) is 0 Å². The van der Waals surface area contributed by atoms with Gasteiger partial charge < -0.3 is 0 Å². The van der Waals surface area contributed by atoms with Crippen molar-refractivity contribution < 1.29 is 0 Å². The van der Waals surface area contributed by atoms with E-state index in [-0.39, 0.29) is 17.8 Å². The van der Waals surface area contributed by atoms with Crippen LogP contribution in [0.5, 0.6) is 0 Å². The van der Waals surface area contributed by atoms with Gasteiger partial charge in [0.2, 0.25) is 0 Å². The summed E-state index contributed by atoms with van der Waals surface area (Å²) in [5.41, 5.74) is 9.01. The van der Waals surface area contributed by atoms with E-state index < -0.39 is 0 Å². The van der Waals surface area contributed by atoms with Crippen LogP contribution in [0, 0.1) is 17.8 Å². The van der Waals surface area contributed by atoms with Crippen molar-refractivity contribution in [3.8, 4) is 0 Å². The van der Waals surface area contributed by atoms with E-state index in [1.807, 2.05) is 12.2 Å². The van der Waals surface area contributed by atoms with E-state index in [1.54, 1.807) is 0 Å². The molecule has 3 aliphatic carbocycles. The molecule has 0 saturated heterocycles. The van der Waals surface area contributed by atoms with Crippen molar-refractivity contribution in [3.05, 3.63) is 205 Å². The summed E-state index contributed by atoms with van der Waals surface area (Å²) in [7, 11) is 0. The molecule has 3 unspecified atom stereocenters. The van der Waals surface area contributed by atoms with Crippen LogP contribution in [0.25, 0.3) is 21.9 Å². The van der Waals surface area contributed by atoms with Crippen molar-refractivity contribution >= 4 is 21.9 Å². The molecule has 0 nitrogen and oxygen atoms in total. The maximum Gasteiger partial charge on any atom is 0.0131 e. The predicted molar refractivity (Wildman–Crippen MR) is 183 cm³/mol. The largest absolute Gasteiger partial charge is 0.0991 e. The highest BCUT2D eigenvalue weighted by Crippen LogP contribution is 2.45. The minimum atomic E-state index is 0.189. The molecule has 42 heavy (non-hydrogen) atoms. The Morgan fingerprint density at radius 1 is 0.690 bits per heavy atom. The van der Waals surface area contributed by atoms with Crippen molar-refractivity contribution in [3.63, 3.8) is 0 Å². The van der Waals surface area contributed by atoms with Crippen LogP contribution in [-0.2, 0) is 0 Å². The second-order valence-corrected chi connectivity index (χ2v) is 10.9. The number of hydrogen-bond donors (Lipinski definition) is 0. The Hall–Kier alpha value is -4.94. The lowest BCUT2D eigenvalue weighted by atomic mass is 9.70. The molecule has 0 fully saturated rings. The second-order valence-electron chi connectivity index (χ2n) is 10.9. The van der Waals surface area contributed by atoms with Gasteiger partial charge in [0.15, 0.2) is 0 Å². The molecule has 0 spiro atoms. The molecular weight excluding hydrogens is 504 g/mol. The summed E-state index contributed by atoms with van der Waals surface area (Å²) in [6, 6.07) is 26.1. The number of allylic oxidation sites excluding steroid dienone is 20. The van der Waals surface area contributed by atoms with Crippen molar-refractivity contribution in [2.24, 2.45) is 17.8 Å². The van der Waals surface area contributed by atoms with Crippen LogP contribution in [0.2, 0.25) is 0 Å². The van der Waals surface area contributed by atoms with Gasteiger partial charge >= 0.3 is 0 Å². The Kier molecular flexibility index (Phi) is 8.24. The Balaban J connectivity index is 1.49. The summed E-state index contributed by atoms with van der Waals surface area (Å²) in [4.78, 5) is 0. The molecule has 3 aromatic carbocycles. The van der Waals surface area contributed by atoms with E-state index in [1.165, 1.54) is 49.8 Å². The van der Waals surface area contributed by atoms with Gasteiger partial charge in [-0.05, 0) is 56.2 Å². The number of rotatable bonds is 6. The fourth-order valence-electron chi connectivity index (χ4n) is 6.45. The number of benzene rings is 3. The third-order valence-corrected chi connectivity index (χ3v) is 8.44. The van der Waals surface area contributed by atoms with E-state index in [9.17, 15) is 0 Å². The number of hydrogen-bond acceptors (Lipinski definition) is 0. The first-order valence-electron chi connectivity index (χ1n) is 14.8. The molecule has 0 N–H and O–H groups in total. The monoisotopic (exact) mass is 540 g/mol. The quantitative estimate of drug-likeness (QED) is 0.273. The molecule has 0 amide bonds. The Labute approximate surface area is 250 Å². The molecule has 3 aromatic rings. The van der Waals surface area contributed by atoms with Crippen LogP contribution in [0.1, 0.15) is 17.5 Å². The van der Waals surface area contributed by atoms with Gasteiger partial charge in [0.1, 0.15) is 0 Å². The van der Waals surface area contributed by atoms with Crippen LogP contribution >= 0.6 is 0 Å². The average Bonchev–Trinajstić information content (AvgIpc) is 3.05. The highest BCUT2D eigenvalue weighted by Gasteiger charge is 2.31. The molecule has 0 heteroatoms. The van der Waals surface area contributed by atoms with E-state index >= 15 is 0 Å². The normalized spacial score (nSPS) is 26.0. The van der Waals surface area contributed by atoms with Gasteiger partial charge in [0, 0.05) is 17.8 Å². The number of fused-ring (bicyclic) bond motifs is 2. The third kappa shape index (κ3) is 5.62. The lowest BCUT2D eigenvalue weighted by Gasteiger charge is -2.33. The predicted octanol–water partition coefficient (Wildman–Crippen LogP) is 11.0. The van der Waals surface area contributed by atoms with Gasteiger partial charge in [-0.3, -0.25) is 0 Å². The average molecular weight is 541 g/mol. The first-order valence-corrected chi connectivity index (χ1v) is 14.8. The van der Waals surface area contributed by atoms with Gasteiger partial charge in [0.05, 0.1) is 0 Å². The lowest BCUT2D eigenvalue weighted by Crippen LogP contribution is -2.20. The van der Waals surface area contributed by atoms with E-state index in [0.717, 1.165) is 6.42 Å². The molecule has 0 saturated carbocycles. The van der Waals surface area contributed by atoms with Crippen LogP contribution in [0.3, 0.4) is 0 Å². The molecule has 0 aromatic heterocycles. The molecule has 0 bridgehead atoms. The van der Waals surface area contributed by atoms with Crippen molar-refractivity contribution in [1.82, 2.24) is 0 Å². The van der Waals surface area contributed by atoms with Gasteiger partial charge in [-0.1, -0.05) is 177 Å². The Morgan fingerprint density at radius 3 is 2.14 bits per heavy atom. The minimum absolute atomic E-state index is 0.189. The van der Waals surface area contributed by atoms with Crippen LogP contribution in [0.15, 0.2) is 194 Å². The van der Waals surface area contributed by atoms with E-state index in [0.29, 0.717) is 0 Å². The van der Waals surface area contributed by atoms with Gasteiger partial charge in [-0.15, -0.1) is 0 Å². The summed E-state index contributed by atoms with van der Waals surface area (Å²) in [5.74, 6) is 0.593. The molecule has 3 atom stereocenters. The fraction of sp³-hybridized carbons (Fsp3) is 0.0952. The highest BCUT2D eigenvalue weighted by atomic mass is 14.3. The molecule has 0 heterocycles. The first-order chi connectivity index (χ1) is 20.8. The fourth-order valence-corrected chi connectivity index (χ4v) is 6.45. The van der Waals surface area contributed by atoms with Crippen molar-refractivity contribution in [2.45, 2.75) is 6.42 Å². The molecule has 204 valence electrons. The van der Waals surface area contributed by atoms with Gasteiger partial charge in [-0.25, -0.2) is 0 Å². The molecule has 0 radical (unpaired) electrons. The minimum Gasteiger partial charge on any atom is -0.0991 e. The summed E-state index contributed by atoms with van der Waals surface area (Å²) < 4.78 is 0. The molecule has 0 aliphatic heterocycles. The zero-order valence-corrected chi connectivity index (χ0v) is 23.9. The Bertz CT molecular complexity index is 1770. The van der Waals surface area contributed by atoms with E-state index in [4.69, 9.17) is 0 Å². The Morgan fingerprint density at radius 2 is 1.38 bits per heavy atom. The van der Waals surface area contributed by atoms with E-state index in [2.05, 4.69) is 165 Å². The van der Waals surface area contributed by atoms with Crippen LogP contribution < -0.4 is 0 Å². The molecule has 6 rings (SSSR count). The zero-order valence-electron chi connectivity index (χ0n) is 23.9. The SMILES string of the molecule is C=C/C=C(\C=C)C1C=C(c2ccccc2)C=C(\C2=C/C=C\C=C/C=C(\c3cccc4ccccc34)C3C=CC=CC23)C1. The van der Waals surface area contributed by atoms with Gasteiger partial charge in [0.25, 0.3) is 0 Å².